The largest absolute Gasteiger partial charge is 0.347 e. The molecule has 0 spiro atoms. The molecule has 3 saturated heterocycles. The standard InChI is InChI=1S/C10H13NO4/c1-10(2)14-7-5(3-11)6-4-12-9(13-6)8(7)15-10/h5-9H,4H2,1-2H3/t5-,6+,7-,8-,9-/m0/s1. The van der Waals surface area contributed by atoms with Crippen LogP contribution in [0.15, 0.2) is 0 Å². The van der Waals surface area contributed by atoms with Gasteiger partial charge in [0.2, 0.25) is 0 Å². The molecule has 0 amide bonds. The van der Waals surface area contributed by atoms with Gasteiger partial charge in [-0.1, -0.05) is 0 Å². The maximum absolute atomic E-state index is 9.11. The molecule has 3 aliphatic rings. The number of nitrogens with zero attached hydrogens (tertiary/aromatic N) is 1. The Morgan fingerprint density at radius 2 is 2.00 bits per heavy atom. The number of nitriles is 1. The molecule has 5 atom stereocenters. The van der Waals surface area contributed by atoms with Crippen LogP contribution in [-0.2, 0) is 18.9 Å². The SMILES string of the molecule is CC1(C)O[C@@H]2[C@H]3OC[C@@H](O3)[C@H](C#N)[C@@H]2O1. The van der Waals surface area contributed by atoms with Crippen molar-refractivity contribution in [3.8, 4) is 6.07 Å². The van der Waals surface area contributed by atoms with Crippen molar-refractivity contribution < 1.29 is 18.9 Å². The normalized spacial score (nSPS) is 51.1. The van der Waals surface area contributed by atoms with E-state index in [1.54, 1.807) is 0 Å². The van der Waals surface area contributed by atoms with Crippen LogP contribution in [0.5, 0.6) is 0 Å². The third-order valence-electron chi connectivity index (χ3n) is 3.07. The van der Waals surface area contributed by atoms with E-state index >= 15 is 0 Å². The molecular formula is C10H13NO4. The first kappa shape index (κ1) is 9.55. The van der Waals surface area contributed by atoms with Crippen molar-refractivity contribution in [3.05, 3.63) is 0 Å². The summed E-state index contributed by atoms with van der Waals surface area (Å²) < 4.78 is 22.4. The summed E-state index contributed by atoms with van der Waals surface area (Å²) in [6.45, 7) is 4.14. The minimum absolute atomic E-state index is 0.168. The van der Waals surface area contributed by atoms with E-state index < -0.39 is 5.79 Å². The van der Waals surface area contributed by atoms with Gasteiger partial charge in [-0.15, -0.1) is 0 Å². The van der Waals surface area contributed by atoms with Gasteiger partial charge in [-0.25, -0.2) is 0 Å². The Kier molecular flexibility index (Phi) is 1.86. The second-order valence-corrected chi connectivity index (χ2v) is 4.60. The number of fused-ring (bicyclic) bond motifs is 4. The summed E-state index contributed by atoms with van der Waals surface area (Å²) in [6.07, 6.45) is -1.04. The molecule has 3 rings (SSSR count). The Hall–Kier alpha value is -0.670. The van der Waals surface area contributed by atoms with Crippen molar-refractivity contribution in [1.82, 2.24) is 0 Å². The fourth-order valence-corrected chi connectivity index (χ4v) is 2.47. The maximum Gasteiger partial charge on any atom is 0.187 e. The molecule has 0 radical (unpaired) electrons. The molecule has 82 valence electrons. The van der Waals surface area contributed by atoms with Crippen LogP contribution in [-0.4, -0.2) is 37.0 Å². The molecule has 0 saturated carbocycles. The number of ether oxygens (including phenoxy) is 4. The lowest BCUT2D eigenvalue weighted by Gasteiger charge is -2.30. The van der Waals surface area contributed by atoms with E-state index in [0.717, 1.165) is 0 Å². The van der Waals surface area contributed by atoms with Gasteiger partial charge < -0.3 is 18.9 Å². The van der Waals surface area contributed by atoms with Crippen molar-refractivity contribution in [2.45, 2.75) is 44.2 Å². The van der Waals surface area contributed by atoms with Crippen molar-refractivity contribution in [3.63, 3.8) is 0 Å². The average molecular weight is 211 g/mol. The van der Waals surface area contributed by atoms with Gasteiger partial charge in [0.1, 0.15) is 24.2 Å². The summed E-state index contributed by atoms with van der Waals surface area (Å²) in [5.41, 5.74) is 0. The molecule has 3 heterocycles. The highest BCUT2D eigenvalue weighted by Crippen LogP contribution is 2.43. The number of hydrogen-bond donors (Lipinski definition) is 0. The van der Waals surface area contributed by atoms with Gasteiger partial charge in [-0.2, -0.15) is 5.26 Å². The Morgan fingerprint density at radius 3 is 2.73 bits per heavy atom. The summed E-state index contributed by atoms with van der Waals surface area (Å²) in [6, 6.07) is 2.23. The van der Waals surface area contributed by atoms with E-state index in [-0.39, 0.29) is 30.5 Å². The maximum atomic E-state index is 9.11. The molecule has 0 aromatic carbocycles. The zero-order valence-corrected chi connectivity index (χ0v) is 8.67. The van der Waals surface area contributed by atoms with Gasteiger partial charge in [0.25, 0.3) is 0 Å². The quantitative estimate of drug-likeness (QED) is 0.580. The van der Waals surface area contributed by atoms with Gasteiger partial charge in [0, 0.05) is 0 Å². The van der Waals surface area contributed by atoms with Crippen molar-refractivity contribution >= 4 is 0 Å². The second kappa shape index (κ2) is 2.92. The smallest absolute Gasteiger partial charge is 0.187 e. The van der Waals surface area contributed by atoms with Gasteiger partial charge in [0.15, 0.2) is 12.1 Å². The Bertz CT molecular complexity index is 324. The third-order valence-corrected chi connectivity index (χ3v) is 3.07. The van der Waals surface area contributed by atoms with E-state index in [9.17, 15) is 0 Å². The lowest BCUT2D eigenvalue weighted by Crippen LogP contribution is -2.48. The Labute approximate surface area is 87.9 Å². The Morgan fingerprint density at radius 1 is 1.27 bits per heavy atom. The lowest BCUT2D eigenvalue weighted by molar-refractivity contribution is -0.188. The fraction of sp³-hybridized carbons (Fsp3) is 0.900. The summed E-state index contributed by atoms with van der Waals surface area (Å²) in [4.78, 5) is 0. The van der Waals surface area contributed by atoms with Crippen LogP contribution in [0, 0.1) is 17.2 Å². The van der Waals surface area contributed by atoms with Crippen LogP contribution >= 0.6 is 0 Å². The van der Waals surface area contributed by atoms with Crippen LogP contribution in [0.1, 0.15) is 13.8 Å². The van der Waals surface area contributed by atoms with Crippen molar-refractivity contribution in [1.29, 1.82) is 5.26 Å². The summed E-state index contributed by atoms with van der Waals surface area (Å²) >= 11 is 0. The Balaban J connectivity index is 1.92. The van der Waals surface area contributed by atoms with Crippen molar-refractivity contribution in [2.24, 2.45) is 5.92 Å². The van der Waals surface area contributed by atoms with E-state index in [4.69, 9.17) is 24.2 Å². The monoisotopic (exact) mass is 211 g/mol. The molecule has 0 N–H and O–H groups in total. The zero-order valence-electron chi connectivity index (χ0n) is 8.67. The average Bonchev–Trinajstić information content (AvgIpc) is 2.70. The molecule has 15 heavy (non-hydrogen) atoms. The molecule has 3 aliphatic heterocycles. The molecule has 5 nitrogen and oxygen atoms in total. The highest BCUT2D eigenvalue weighted by Gasteiger charge is 2.58. The summed E-state index contributed by atoms with van der Waals surface area (Å²) in [5, 5.41) is 9.11. The van der Waals surface area contributed by atoms with Crippen LogP contribution in [0.3, 0.4) is 0 Å². The van der Waals surface area contributed by atoms with E-state index in [1.807, 2.05) is 13.8 Å². The first-order chi connectivity index (χ1) is 7.11. The molecule has 0 aromatic rings. The molecule has 5 heteroatoms. The second-order valence-electron chi connectivity index (χ2n) is 4.60. The molecule has 0 unspecified atom stereocenters. The molecule has 0 aliphatic carbocycles. The van der Waals surface area contributed by atoms with Crippen molar-refractivity contribution in [2.75, 3.05) is 6.61 Å². The lowest BCUT2D eigenvalue weighted by atomic mass is 9.92. The highest BCUT2D eigenvalue weighted by molar-refractivity contribution is 5.06. The van der Waals surface area contributed by atoms with E-state index in [0.29, 0.717) is 6.61 Å². The molecule has 3 fully saturated rings. The van der Waals surface area contributed by atoms with Gasteiger partial charge in [-0.05, 0) is 13.8 Å². The van der Waals surface area contributed by atoms with Crippen LogP contribution < -0.4 is 0 Å². The van der Waals surface area contributed by atoms with Gasteiger partial charge in [0.05, 0.1) is 12.7 Å². The summed E-state index contributed by atoms with van der Waals surface area (Å²) in [7, 11) is 0. The van der Waals surface area contributed by atoms with Crippen LogP contribution in [0.4, 0.5) is 0 Å². The first-order valence-electron chi connectivity index (χ1n) is 5.13. The minimum atomic E-state index is -0.651. The van der Waals surface area contributed by atoms with Gasteiger partial charge >= 0.3 is 0 Å². The predicted octanol–water partition coefficient (Wildman–Crippen LogP) is 0.401. The van der Waals surface area contributed by atoms with Gasteiger partial charge in [-0.3, -0.25) is 0 Å². The molecule has 0 aromatic heterocycles. The van der Waals surface area contributed by atoms with Crippen LogP contribution in [0.2, 0.25) is 0 Å². The van der Waals surface area contributed by atoms with E-state index in [1.165, 1.54) is 0 Å². The summed E-state index contributed by atoms with van der Waals surface area (Å²) in [5.74, 6) is -0.947. The van der Waals surface area contributed by atoms with E-state index in [2.05, 4.69) is 6.07 Å². The zero-order chi connectivity index (χ0) is 10.6. The topological polar surface area (TPSA) is 60.7 Å². The fourth-order valence-electron chi connectivity index (χ4n) is 2.47. The van der Waals surface area contributed by atoms with Crippen LogP contribution in [0.25, 0.3) is 0 Å². The highest BCUT2D eigenvalue weighted by atomic mass is 16.8. The number of hydrogen-bond acceptors (Lipinski definition) is 5. The molecule has 2 bridgehead atoms. The number of rotatable bonds is 0. The molecular weight excluding hydrogens is 198 g/mol. The predicted molar refractivity (Wildman–Crippen MR) is 47.5 cm³/mol. The first-order valence-corrected chi connectivity index (χ1v) is 5.13. The minimum Gasteiger partial charge on any atom is -0.347 e. The third kappa shape index (κ3) is 1.30.